The molecule has 0 fully saturated rings. The van der Waals surface area contributed by atoms with Crippen LogP contribution in [-0.2, 0) is 0 Å². The molecule has 0 aliphatic rings. The highest BCUT2D eigenvalue weighted by Gasteiger charge is 2.18. The summed E-state index contributed by atoms with van der Waals surface area (Å²) in [7, 11) is 0. The monoisotopic (exact) mass is 507 g/mol. The van der Waals surface area contributed by atoms with Crippen LogP contribution in [0.5, 0.6) is 0 Å². The van der Waals surface area contributed by atoms with Gasteiger partial charge in [0.25, 0.3) is 0 Å². The van der Waals surface area contributed by atoms with E-state index in [0.717, 1.165) is 34.0 Å². The maximum Gasteiger partial charge on any atom is 0.0723 e. The molecule has 6 rings (SSSR count). The fourth-order valence-corrected chi connectivity index (χ4v) is 5.31. The first-order valence-electron chi connectivity index (χ1n) is 13.4. The average Bonchev–Trinajstić information content (AvgIpc) is 3.32. The number of aromatic nitrogens is 1. The first kappa shape index (κ1) is 24.6. The van der Waals surface area contributed by atoms with Crippen molar-refractivity contribution in [3.8, 4) is 0 Å². The Kier molecular flexibility index (Phi) is 6.42. The molecule has 0 amide bonds. The molecule has 192 valence electrons. The number of hydrogen-bond acceptors (Lipinski definition) is 2. The first-order chi connectivity index (χ1) is 19.0. The highest BCUT2D eigenvalue weighted by molar-refractivity contribution is 5.89. The zero-order chi connectivity index (χ0) is 26.9. The van der Waals surface area contributed by atoms with E-state index in [4.69, 9.17) is 0 Å². The SMILES string of the molecule is Cc1cccc(N(c2cccc(C)c2)c2ccc3ccn(N(c4cccc(C)c4)c4cccc(C)c4)c3c2)c1. The van der Waals surface area contributed by atoms with Crippen molar-refractivity contribution in [2.75, 3.05) is 9.91 Å². The predicted octanol–water partition coefficient (Wildman–Crippen LogP) is 9.95. The van der Waals surface area contributed by atoms with E-state index in [-0.39, 0.29) is 0 Å². The van der Waals surface area contributed by atoms with Crippen LogP contribution < -0.4 is 9.91 Å². The van der Waals surface area contributed by atoms with Gasteiger partial charge in [-0.15, -0.1) is 0 Å². The van der Waals surface area contributed by atoms with Gasteiger partial charge >= 0.3 is 0 Å². The van der Waals surface area contributed by atoms with Crippen LogP contribution in [0.4, 0.5) is 28.4 Å². The van der Waals surface area contributed by atoms with Crippen molar-refractivity contribution in [1.29, 1.82) is 0 Å². The van der Waals surface area contributed by atoms with E-state index in [0.29, 0.717) is 0 Å². The van der Waals surface area contributed by atoms with Gasteiger partial charge in [0.15, 0.2) is 0 Å². The molecule has 0 bridgehead atoms. The summed E-state index contributed by atoms with van der Waals surface area (Å²) in [5.41, 5.74) is 11.7. The summed E-state index contributed by atoms with van der Waals surface area (Å²) < 4.78 is 2.27. The molecule has 0 unspecified atom stereocenters. The molecule has 0 aliphatic carbocycles. The second-order valence-corrected chi connectivity index (χ2v) is 10.4. The van der Waals surface area contributed by atoms with Gasteiger partial charge in [-0.2, -0.15) is 0 Å². The minimum Gasteiger partial charge on any atom is -0.310 e. The van der Waals surface area contributed by atoms with Crippen LogP contribution in [-0.4, -0.2) is 4.68 Å². The summed E-state index contributed by atoms with van der Waals surface area (Å²) in [6.07, 6.45) is 2.17. The summed E-state index contributed by atoms with van der Waals surface area (Å²) in [4.78, 5) is 2.35. The van der Waals surface area contributed by atoms with E-state index in [1.807, 2.05) is 0 Å². The molecule has 0 saturated carbocycles. The van der Waals surface area contributed by atoms with Crippen LogP contribution in [0.2, 0.25) is 0 Å². The lowest BCUT2D eigenvalue weighted by molar-refractivity contribution is 0.852. The lowest BCUT2D eigenvalue weighted by Gasteiger charge is -2.29. The van der Waals surface area contributed by atoms with Gasteiger partial charge in [0.05, 0.1) is 16.9 Å². The number of aryl methyl sites for hydroxylation is 4. The third kappa shape index (κ3) is 4.92. The fraction of sp³-hybridized carbons (Fsp3) is 0.111. The van der Waals surface area contributed by atoms with Crippen molar-refractivity contribution in [3.05, 3.63) is 150 Å². The molecular weight excluding hydrogens is 474 g/mol. The summed E-state index contributed by atoms with van der Waals surface area (Å²) in [6, 6.07) is 43.7. The van der Waals surface area contributed by atoms with E-state index in [1.165, 1.54) is 27.6 Å². The Balaban J connectivity index is 1.56. The molecule has 0 radical (unpaired) electrons. The van der Waals surface area contributed by atoms with Gasteiger partial charge in [-0.25, -0.2) is 5.01 Å². The van der Waals surface area contributed by atoms with Crippen molar-refractivity contribution in [2.24, 2.45) is 0 Å². The Morgan fingerprint density at radius 2 is 0.872 bits per heavy atom. The van der Waals surface area contributed by atoms with Crippen molar-refractivity contribution >= 4 is 39.3 Å². The zero-order valence-corrected chi connectivity index (χ0v) is 23.0. The Hall–Kier alpha value is -4.76. The lowest BCUT2D eigenvalue weighted by atomic mass is 10.1. The number of fused-ring (bicyclic) bond motifs is 1. The fourth-order valence-electron chi connectivity index (χ4n) is 5.31. The minimum atomic E-state index is 1.12. The molecule has 3 heteroatoms. The van der Waals surface area contributed by atoms with Gasteiger partial charge in [-0.05, 0) is 117 Å². The number of nitrogens with zero attached hydrogens (tertiary/aromatic N) is 3. The molecule has 1 heterocycles. The van der Waals surface area contributed by atoms with Crippen LogP contribution >= 0.6 is 0 Å². The summed E-state index contributed by atoms with van der Waals surface area (Å²) >= 11 is 0. The smallest absolute Gasteiger partial charge is 0.0723 e. The van der Waals surface area contributed by atoms with E-state index in [9.17, 15) is 0 Å². The van der Waals surface area contributed by atoms with Crippen molar-refractivity contribution in [1.82, 2.24) is 4.68 Å². The third-order valence-electron chi connectivity index (χ3n) is 7.14. The van der Waals surface area contributed by atoms with E-state index in [2.05, 4.69) is 170 Å². The van der Waals surface area contributed by atoms with Crippen molar-refractivity contribution < 1.29 is 0 Å². The molecule has 5 aromatic carbocycles. The molecule has 0 spiro atoms. The number of anilines is 5. The molecular formula is C36H33N3. The maximum atomic E-state index is 2.35. The topological polar surface area (TPSA) is 11.4 Å². The van der Waals surface area contributed by atoms with Gasteiger partial charge in [-0.1, -0.05) is 54.6 Å². The summed E-state index contributed by atoms with van der Waals surface area (Å²) in [5.74, 6) is 0. The maximum absolute atomic E-state index is 2.35. The Morgan fingerprint density at radius 1 is 0.436 bits per heavy atom. The summed E-state index contributed by atoms with van der Waals surface area (Å²) in [6.45, 7) is 8.58. The Morgan fingerprint density at radius 3 is 1.36 bits per heavy atom. The van der Waals surface area contributed by atoms with Gasteiger partial charge < -0.3 is 4.90 Å². The lowest BCUT2D eigenvalue weighted by Crippen LogP contribution is -2.23. The Bertz CT molecular complexity index is 1690. The molecule has 0 aliphatic heterocycles. The number of hydrogen-bond donors (Lipinski definition) is 0. The second-order valence-electron chi connectivity index (χ2n) is 10.4. The third-order valence-corrected chi connectivity index (χ3v) is 7.14. The highest BCUT2D eigenvalue weighted by atomic mass is 15.5. The minimum absolute atomic E-state index is 1.12. The molecule has 0 N–H and O–H groups in total. The van der Waals surface area contributed by atoms with Crippen molar-refractivity contribution in [2.45, 2.75) is 27.7 Å². The first-order valence-corrected chi connectivity index (χ1v) is 13.4. The van der Waals surface area contributed by atoms with Crippen LogP contribution in [0, 0.1) is 27.7 Å². The van der Waals surface area contributed by atoms with E-state index >= 15 is 0 Å². The molecule has 1 aromatic heterocycles. The van der Waals surface area contributed by atoms with Gasteiger partial charge in [0.1, 0.15) is 0 Å². The normalized spacial score (nSPS) is 11.1. The van der Waals surface area contributed by atoms with Crippen LogP contribution in [0.15, 0.2) is 128 Å². The quantitative estimate of drug-likeness (QED) is 0.222. The van der Waals surface area contributed by atoms with Gasteiger partial charge in [-0.3, -0.25) is 4.68 Å². The standard InChI is InChI=1S/C36H33N3/c1-26-9-5-13-31(21-26)38(32-14-6-10-27(2)22-32)33-18-17-30-19-20-37(36(30)25-33)39(34-15-7-11-28(3)23-34)35-16-8-12-29(4)24-35/h5-25H,1-4H3. The highest BCUT2D eigenvalue weighted by Crippen LogP contribution is 2.38. The number of rotatable bonds is 6. The molecule has 3 nitrogen and oxygen atoms in total. The molecule has 0 saturated heterocycles. The molecule has 39 heavy (non-hydrogen) atoms. The van der Waals surface area contributed by atoms with Crippen LogP contribution in [0.1, 0.15) is 22.3 Å². The van der Waals surface area contributed by atoms with Crippen LogP contribution in [0.25, 0.3) is 10.9 Å². The zero-order valence-electron chi connectivity index (χ0n) is 23.0. The van der Waals surface area contributed by atoms with E-state index < -0.39 is 0 Å². The van der Waals surface area contributed by atoms with Crippen molar-refractivity contribution in [3.63, 3.8) is 0 Å². The van der Waals surface area contributed by atoms with E-state index in [1.54, 1.807) is 0 Å². The molecule has 6 aromatic rings. The van der Waals surface area contributed by atoms with Crippen LogP contribution in [0.3, 0.4) is 0 Å². The summed E-state index contributed by atoms with van der Waals surface area (Å²) in [5, 5.41) is 3.49. The average molecular weight is 508 g/mol. The largest absolute Gasteiger partial charge is 0.310 e. The Labute approximate surface area is 231 Å². The van der Waals surface area contributed by atoms with Gasteiger partial charge in [0, 0.05) is 28.6 Å². The second kappa shape index (κ2) is 10.2. The number of benzene rings is 5. The van der Waals surface area contributed by atoms with Gasteiger partial charge in [0.2, 0.25) is 0 Å². The molecule has 0 atom stereocenters. The predicted molar refractivity (Wildman–Crippen MR) is 166 cm³/mol.